The van der Waals surface area contributed by atoms with Crippen LogP contribution >= 0.6 is 0 Å². The molecule has 2 rings (SSSR count). The molecule has 0 aliphatic rings. The smallest absolute Gasteiger partial charge is 0.354 e. The number of rotatable bonds is 5. The SMILES string of the molecule is CCOC(=O)c1cccn1Cc1cc(C)nn1CC. The number of carbonyl (C=O) groups is 1. The molecule has 2 aromatic rings. The van der Waals surface area contributed by atoms with Gasteiger partial charge in [0.2, 0.25) is 0 Å². The van der Waals surface area contributed by atoms with Gasteiger partial charge in [-0.3, -0.25) is 4.68 Å². The molecule has 0 spiro atoms. The third-order valence-corrected chi connectivity index (χ3v) is 2.93. The van der Waals surface area contributed by atoms with Crippen LogP contribution in [0.4, 0.5) is 0 Å². The predicted molar refractivity (Wildman–Crippen MR) is 72.1 cm³/mol. The molecule has 102 valence electrons. The molecule has 2 aromatic heterocycles. The van der Waals surface area contributed by atoms with E-state index in [0.717, 1.165) is 17.9 Å². The molecule has 0 N–H and O–H groups in total. The van der Waals surface area contributed by atoms with Crippen LogP contribution in [-0.2, 0) is 17.8 Å². The highest BCUT2D eigenvalue weighted by molar-refractivity contribution is 5.87. The first-order valence-electron chi connectivity index (χ1n) is 6.51. The predicted octanol–water partition coefficient (Wildman–Crippen LogP) is 2.24. The Hall–Kier alpha value is -2.04. The van der Waals surface area contributed by atoms with Crippen molar-refractivity contribution in [3.63, 3.8) is 0 Å². The van der Waals surface area contributed by atoms with Gasteiger partial charge in [0.25, 0.3) is 0 Å². The minimum absolute atomic E-state index is 0.285. The summed E-state index contributed by atoms with van der Waals surface area (Å²) in [6.45, 7) is 7.65. The number of esters is 1. The fourth-order valence-electron chi connectivity index (χ4n) is 2.12. The molecule has 0 amide bonds. The van der Waals surface area contributed by atoms with Crippen molar-refractivity contribution in [1.29, 1.82) is 0 Å². The molecular formula is C14H19N3O2. The number of nitrogens with zero attached hydrogens (tertiary/aromatic N) is 3. The fraction of sp³-hybridized carbons (Fsp3) is 0.429. The van der Waals surface area contributed by atoms with Crippen LogP contribution in [0.1, 0.15) is 35.7 Å². The number of carbonyl (C=O) groups excluding carboxylic acids is 1. The van der Waals surface area contributed by atoms with Crippen molar-refractivity contribution in [2.45, 2.75) is 33.9 Å². The van der Waals surface area contributed by atoms with Gasteiger partial charge >= 0.3 is 5.97 Å². The number of aromatic nitrogens is 3. The van der Waals surface area contributed by atoms with Crippen LogP contribution in [-0.4, -0.2) is 26.9 Å². The largest absolute Gasteiger partial charge is 0.461 e. The second-order valence-corrected chi connectivity index (χ2v) is 4.33. The Labute approximate surface area is 112 Å². The Morgan fingerprint density at radius 3 is 2.89 bits per heavy atom. The number of ether oxygens (including phenoxy) is 1. The zero-order valence-electron chi connectivity index (χ0n) is 11.6. The van der Waals surface area contributed by atoms with Crippen LogP contribution in [0.25, 0.3) is 0 Å². The van der Waals surface area contributed by atoms with Crippen LogP contribution in [0.15, 0.2) is 24.4 Å². The quantitative estimate of drug-likeness (QED) is 0.775. The average molecular weight is 261 g/mol. The molecular weight excluding hydrogens is 242 g/mol. The highest BCUT2D eigenvalue weighted by Gasteiger charge is 2.13. The molecule has 0 aliphatic heterocycles. The molecule has 2 heterocycles. The van der Waals surface area contributed by atoms with Crippen molar-refractivity contribution < 1.29 is 9.53 Å². The van der Waals surface area contributed by atoms with Gasteiger partial charge in [-0.2, -0.15) is 5.10 Å². The highest BCUT2D eigenvalue weighted by atomic mass is 16.5. The van der Waals surface area contributed by atoms with Crippen LogP contribution in [0, 0.1) is 6.92 Å². The maximum atomic E-state index is 11.8. The zero-order valence-corrected chi connectivity index (χ0v) is 11.6. The van der Waals surface area contributed by atoms with Crippen molar-refractivity contribution in [1.82, 2.24) is 14.3 Å². The monoisotopic (exact) mass is 261 g/mol. The molecule has 0 atom stereocenters. The van der Waals surface area contributed by atoms with E-state index in [2.05, 4.69) is 12.0 Å². The normalized spacial score (nSPS) is 10.7. The second-order valence-electron chi connectivity index (χ2n) is 4.33. The summed E-state index contributed by atoms with van der Waals surface area (Å²) in [5.41, 5.74) is 2.65. The van der Waals surface area contributed by atoms with Gasteiger partial charge in [-0.05, 0) is 39.0 Å². The Kier molecular flexibility index (Phi) is 4.04. The van der Waals surface area contributed by atoms with Gasteiger partial charge in [0, 0.05) is 12.7 Å². The molecule has 5 nitrogen and oxygen atoms in total. The zero-order chi connectivity index (χ0) is 13.8. The Morgan fingerprint density at radius 1 is 1.42 bits per heavy atom. The van der Waals surface area contributed by atoms with E-state index < -0.39 is 0 Å². The van der Waals surface area contributed by atoms with Gasteiger partial charge in [0.05, 0.1) is 24.5 Å². The van der Waals surface area contributed by atoms with Crippen molar-refractivity contribution in [3.8, 4) is 0 Å². The summed E-state index contributed by atoms with van der Waals surface area (Å²) in [5.74, 6) is -0.285. The first-order valence-corrected chi connectivity index (χ1v) is 6.51. The first-order chi connectivity index (χ1) is 9.15. The van der Waals surface area contributed by atoms with Gasteiger partial charge in [-0.1, -0.05) is 0 Å². The maximum absolute atomic E-state index is 11.8. The minimum Gasteiger partial charge on any atom is -0.461 e. The van der Waals surface area contributed by atoms with E-state index >= 15 is 0 Å². The molecule has 0 saturated heterocycles. The Balaban J connectivity index is 2.24. The van der Waals surface area contributed by atoms with E-state index in [9.17, 15) is 4.79 Å². The molecule has 0 fully saturated rings. The molecule has 19 heavy (non-hydrogen) atoms. The van der Waals surface area contributed by atoms with Crippen LogP contribution in [0.2, 0.25) is 0 Å². The lowest BCUT2D eigenvalue weighted by atomic mass is 10.3. The lowest BCUT2D eigenvalue weighted by Gasteiger charge is -2.09. The molecule has 0 unspecified atom stereocenters. The molecule has 0 aromatic carbocycles. The van der Waals surface area contributed by atoms with Crippen LogP contribution in [0.5, 0.6) is 0 Å². The number of aryl methyl sites for hydroxylation is 2. The number of hydrogen-bond acceptors (Lipinski definition) is 3. The lowest BCUT2D eigenvalue weighted by Crippen LogP contribution is -2.14. The van der Waals surface area contributed by atoms with E-state index in [1.807, 2.05) is 34.5 Å². The van der Waals surface area contributed by atoms with E-state index in [-0.39, 0.29) is 5.97 Å². The van der Waals surface area contributed by atoms with Gasteiger partial charge in [0.1, 0.15) is 5.69 Å². The third kappa shape index (κ3) is 2.86. The minimum atomic E-state index is -0.285. The van der Waals surface area contributed by atoms with E-state index in [0.29, 0.717) is 18.8 Å². The summed E-state index contributed by atoms with van der Waals surface area (Å²) in [7, 11) is 0. The first kappa shape index (κ1) is 13.4. The van der Waals surface area contributed by atoms with Gasteiger partial charge in [0.15, 0.2) is 0 Å². The topological polar surface area (TPSA) is 49.1 Å². The van der Waals surface area contributed by atoms with Crippen molar-refractivity contribution in [3.05, 3.63) is 41.5 Å². The molecule has 0 saturated carbocycles. The van der Waals surface area contributed by atoms with Crippen molar-refractivity contribution in [2.75, 3.05) is 6.61 Å². The lowest BCUT2D eigenvalue weighted by molar-refractivity contribution is 0.0514. The molecule has 0 aliphatic carbocycles. The van der Waals surface area contributed by atoms with Crippen molar-refractivity contribution in [2.24, 2.45) is 0 Å². The van der Waals surface area contributed by atoms with Crippen molar-refractivity contribution >= 4 is 5.97 Å². The molecule has 0 bridgehead atoms. The second kappa shape index (κ2) is 5.73. The van der Waals surface area contributed by atoms with Crippen LogP contribution < -0.4 is 0 Å². The average Bonchev–Trinajstić information content (AvgIpc) is 2.96. The van der Waals surface area contributed by atoms with Gasteiger partial charge in [-0.25, -0.2) is 4.79 Å². The van der Waals surface area contributed by atoms with E-state index in [4.69, 9.17) is 4.74 Å². The van der Waals surface area contributed by atoms with Crippen LogP contribution in [0.3, 0.4) is 0 Å². The Bertz CT molecular complexity index is 569. The van der Waals surface area contributed by atoms with E-state index in [1.54, 1.807) is 13.0 Å². The Morgan fingerprint density at radius 2 is 2.21 bits per heavy atom. The van der Waals surface area contributed by atoms with Gasteiger partial charge in [-0.15, -0.1) is 0 Å². The highest BCUT2D eigenvalue weighted by Crippen LogP contribution is 2.11. The molecule has 5 heteroatoms. The summed E-state index contributed by atoms with van der Waals surface area (Å²) < 4.78 is 8.88. The summed E-state index contributed by atoms with van der Waals surface area (Å²) in [5, 5.41) is 4.41. The maximum Gasteiger partial charge on any atom is 0.354 e. The van der Waals surface area contributed by atoms with E-state index in [1.165, 1.54) is 0 Å². The summed E-state index contributed by atoms with van der Waals surface area (Å²) in [6, 6.07) is 5.67. The standard InChI is InChI=1S/C14H19N3O2/c1-4-17-12(9-11(3)15-17)10-16-8-6-7-13(16)14(18)19-5-2/h6-9H,4-5,10H2,1-3H3. The summed E-state index contributed by atoms with van der Waals surface area (Å²) >= 11 is 0. The summed E-state index contributed by atoms with van der Waals surface area (Å²) in [6.07, 6.45) is 1.88. The van der Waals surface area contributed by atoms with Gasteiger partial charge < -0.3 is 9.30 Å². The fourth-order valence-corrected chi connectivity index (χ4v) is 2.12. The molecule has 0 radical (unpaired) electrons. The number of hydrogen-bond donors (Lipinski definition) is 0. The summed E-state index contributed by atoms with van der Waals surface area (Å²) in [4.78, 5) is 11.8. The third-order valence-electron chi connectivity index (χ3n) is 2.93.